The van der Waals surface area contributed by atoms with Gasteiger partial charge >= 0.3 is 0 Å². The highest BCUT2D eigenvalue weighted by Crippen LogP contribution is 2.31. The Labute approximate surface area is 141 Å². The van der Waals surface area contributed by atoms with Crippen molar-refractivity contribution in [2.24, 2.45) is 4.99 Å². The van der Waals surface area contributed by atoms with Gasteiger partial charge in [-0.1, -0.05) is 47.6 Å². The molecule has 0 N–H and O–H groups in total. The van der Waals surface area contributed by atoms with Gasteiger partial charge in [-0.05, 0) is 56.3 Å². The van der Waals surface area contributed by atoms with Crippen LogP contribution in [0.1, 0.15) is 23.6 Å². The van der Waals surface area contributed by atoms with E-state index < -0.39 is 0 Å². The maximum atomic E-state index is 4.62. The third kappa shape index (κ3) is 2.43. The maximum Gasteiger partial charge on any atom is 0.269 e. The first-order valence-corrected chi connectivity index (χ1v) is 8.05. The number of aromatic nitrogens is 4. The number of fused-ring (bicyclic) bond motifs is 1. The molecule has 0 fully saturated rings. The summed E-state index contributed by atoms with van der Waals surface area (Å²) in [5.41, 5.74) is 3.33. The number of hydrogen-bond donors (Lipinski definition) is 0. The van der Waals surface area contributed by atoms with Crippen LogP contribution in [0, 0.1) is 3.57 Å². The molecule has 5 nitrogen and oxygen atoms in total. The van der Waals surface area contributed by atoms with Crippen LogP contribution < -0.4 is 0 Å². The molecule has 1 aromatic heterocycles. The molecule has 108 valence electrons. The third-order valence-electron chi connectivity index (χ3n) is 3.75. The van der Waals surface area contributed by atoms with Crippen molar-refractivity contribution < 1.29 is 0 Å². The average molecular weight is 401 g/mol. The predicted molar refractivity (Wildman–Crippen MR) is 92.4 cm³/mol. The minimum Gasteiger partial charge on any atom is -0.214 e. The zero-order chi connectivity index (χ0) is 14.9. The summed E-state index contributed by atoms with van der Waals surface area (Å²) >= 11 is 2.30. The topological polar surface area (TPSA) is 56.0 Å². The molecule has 1 unspecified atom stereocenters. The van der Waals surface area contributed by atoms with E-state index in [4.69, 9.17) is 0 Å². The Balaban J connectivity index is 1.78. The van der Waals surface area contributed by atoms with Crippen LogP contribution in [0.15, 0.2) is 59.6 Å². The second-order valence-electron chi connectivity index (χ2n) is 5.12. The monoisotopic (exact) mass is 401 g/mol. The number of benzene rings is 2. The molecule has 1 aliphatic rings. The largest absolute Gasteiger partial charge is 0.269 e. The highest BCUT2D eigenvalue weighted by atomic mass is 127. The molecule has 4 rings (SSSR count). The van der Waals surface area contributed by atoms with Crippen molar-refractivity contribution in [3.05, 3.63) is 69.3 Å². The lowest BCUT2D eigenvalue weighted by atomic mass is 9.96. The Morgan fingerprint density at radius 1 is 1.00 bits per heavy atom. The number of nitrogens with zero attached hydrogens (tertiary/aromatic N) is 5. The van der Waals surface area contributed by atoms with Gasteiger partial charge in [0.1, 0.15) is 0 Å². The number of halogens is 1. The fourth-order valence-electron chi connectivity index (χ4n) is 2.66. The summed E-state index contributed by atoms with van der Waals surface area (Å²) < 4.78 is 3.01. The molecule has 0 aliphatic carbocycles. The van der Waals surface area contributed by atoms with Gasteiger partial charge in [0.15, 0.2) is 0 Å². The number of hydrogen-bond acceptors (Lipinski definition) is 4. The molecular weight excluding hydrogens is 389 g/mol. The summed E-state index contributed by atoms with van der Waals surface area (Å²) in [4.78, 5) is 4.62. The molecule has 3 aromatic rings. The Morgan fingerprint density at radius 3 is 2.55 bits per heavy atom. The minimum absolute atomic E-state index is 0.0815. The standard InChI is InChI=1S/C16H12IN5/c17-13-8-6-11(7-9-13)14-10-15(12-4-2-1-3-5-12)22-16(18-14)19-20-21-22/h1-9,15H,10H2. The Morgan fingerprint density at radius 2 is 1.77 bits per heavy atom. The summed E-state index contributed by atoms with van der Waals surface area (Å²) in [6.07, 6.45) is 0.780. The normalized spacial score (nSPS) is 17.0. The summed E-state index contributed by atoms with van der Waals surface area (Å²) in [5.74, 6) is 0.564. The van der Waals surface area contributed by atoms with Gasteiger partial charge in [0, 0.05) is 9.99 Å². The molecule has 0 spiro atoms. The van der Waals surface area contributed by atoms with Gasteiger partial charge in [0.25, 0.3) is 5.95 Å². The molecule has 2 heterocycles. The van der Waals surface area contributed by atoms with Crippen molar-refractivity contribution in [2.45, 2.75) is 12.5 Å². The van der Waals surface area contributed by atoms with E-state index in [9.17, 15) is 0 Å². The Bertz CT molecular complexity index is 823. The van der Waals surface area contributed by atoms with Crippen LogP contribution in [-0.2, 0) is 0 Å². The fourth-order valence-corrected chi connectivity index (χ4v) is 3.02. The van der Waals surface area contributed by atoms with E-state index in [1.54, 1.807) is 4.68 Å². The third-order valence-corrected chi connectivity index (χ3v) is 4.47. The predicted octanol–water partition coefficient (Wildman–Crippen LogP) is 3.39. The van der Waals surface area contributed by atoms with E-state index in [0.717, 1.165) is 17.7 Å². The fraction of sp³-hybridized carbons (Fsp3) is 0.125. The van der Waals surface area contributed by atoms with Crippen LogP contribution in [0.5, 0.6) is 0 Å². The first kappa shape index (κ1) is 13.6. The van der Waals surface area contributed by atoms with Gasteiger partial charge in [0.05, 0.1) is 11.8 Å². The van der Waals surface area contributed by atoms with Gasteiger partial charge < -0.3 is 0 Å². The van der Waals surface area contributed by atoms with E-state index in [-0.39, 0.29) is 6.04 Å². The van der Waals surface area contributed by atoms with Crippen LogP contribution >= 0.6 is 22.6 Å². The van der Waals surface area contributed by atoms with Crippen molar-refractivity contribution in [1.29, 1.82) is 0 Å². The smallest absolute Gasteiger partial charge is 0.214 e. The van der Waals surface area contributed by atoms with Gasteiger partial charge in [-0.3, -0.25) is 0 Å². The molecule has 2 aromatic carbocycles. The van der Waals surface area contributed by atoms with E-state index >= 15 is 0 Å². The van der Waals surface area contributed by atoms with Crippen LogP contribution in [0.2, 0.25) is 0 Å². The summed E-state index contributed by atoms with van der Waals surface area (Å²) in [5, 5.41) is 11.9. The summed E-state index contributed by atoms with van der Waals surface area (Å²) in [6.45, 7) is 0. The van der Waals surface area contributed by atoms with Crippen molar-refractivity contribution in [3.63, 3.8) is 0 Å². The zero-order valence-electron chi connectivity index (χ0n) is 11.6. The molecule has 1 atom stereocenters. The summed E-state index contributed by atoms with van der Waals surface area (Å²) in [7, 11) is 0. The molecule has 6 heteroatoms. The van der Waals surface area contributed by atoms with E-state index in [1.807, 2.05) is 18.2 Å². The Kier molecular flexibility index (Phi) is 3.45. The number of tetrazole rings is 1. The van der Waals surface area contributed by atoms with Crippen molar-refractivity contribution in [1.82, 2.24) is 20.2 Å². The first-order chi connectivity index (χ1) is 10.8. The minimum atomic E-state index is 0.0815. The molecule has 0 amide bonds. The van der Waals surface area contributed by atoms with Gasteiger partial charge in [0.2, 0.25) is 0 Å². The van der Waals surface area contributed by atoms with E-state index in [1.165, 1.54) is 9.13 Å². The zero-order valence-corrected chi connectivity index (χ0v) is 13.8. The average Bonchev–Trinajstić information content (AvgIpc) is 3.04. The van der Waals surface area contributed by atoms with Crippen molar-refractivity contribution in [3.8, 4) is 0 Å². The second-order valence-corrected chi connectivity index (χ2v) is 6.37. The van der Waals surface area contributed by atoms with Crippen LogP contribution in [0.3, 0.4) is 0 Å². The molecular formula is C16H12IN5. The van der Waals surface area contributed by atoms with Gasteiger partial charge in [-0.2, -0.15) is 0 Å². The van der Waals surface area contributed by atoms with Crippen LogP contribution in [0.4, 0.5) is 5.95 Å². The quantitative estimate of drug-likeness (QED) is 0.619. The highest BCUT2D eigenvalue weighted by Gasteiger charge is 2.26. The van der Waals surface area contributed by atoms with Crippen LogP contribution in [-0.4, -0.2) is 25.9 Å². The SMILES string of the molecule is Ic1ccc(C2=Nc3nnnn3C(c3ccccc3)C2)cc1. The van der Waals surface area contributed by atoms with Crippen molar-refractivity contribution in [2.75, 3.05) is 0 Å². The molecule has 0 saturated heterocycles. The summed E-state index contributed by atoms with van der Waals surface area (Å²) in [6, 6.07) is 18.8. The Hall–Kier alpha value is -2.09. The van der Waals surface area contributed by atoms with Gasteiger partial charge in [-0.15, -0.1) is 0 Å². The van der Waals surface area contributed by atoms with Crippen LogP contribution in [0.25, 0.3) is 0 Å². The first-order valence-electron chi connectivity index (χ1n) is 6.97. The molecule has 0 radical (unpaired) electrons. The molecule has 0 bridgehead atoms. The lowest BCUT2D eigenvalue weighted by Crippen LogP contribution is -2.21. The molecule has 1 aliphatic heterocycles. The number of rotatable bonds is 2. The second kappa shape index (κ2) is 5.60. The van der Waals surface area contributed by atoms with Gasteiger partial charge in [-0.25, -0.2) is 9.67 Å². The molecule has 0 saturated carbocycles. The van der Waals surface area contributed by atoms with E-state index in [2.05, 4.69) is 79.5 Å². The number of aliphatic imine (C=N–C) groups is 1. The molecule has 22 heavy (non-hydrogen) atoms. The van der Waals surface area contributed by atoms with E-state index in [0.29, 0.717) is 5.95 Å². The van der Waals surface area contributed by atoms with Crippen molar-refractivity contribution >= 4 is 34.3 Å². The maximum absolute atomic E-state index is 4.62. The highest BCUT2D eigenvalue weighted by molar-refractivity contribution is 14.1. The lowest BCUT2D eigenvalue weighted by Gasteiger charge is -2.23. The lowest BCUT2D eigenvalue weighted by molar-refractivity contribution is 0.515.